The minimum absolute atomic E-state index is 0.0605. The van der Waals surface area contributed by atoms with Crippen molar-refractivity contribution in [2.75, 3.05) is 25.5 Å². The van der Waals surface area contributed by atoms with Gasteiger partial charge in [0.05, 0.1) is 17.7 Å². The molecule has 0 radical (unpaired) electrons. The van der Waals surface area contributed by atoms with E-state index in [0.717, 1.165) is 37.9 Å². The predicted molar refractivity (Wildman–Crippen MR) is 141 cm³/mol. The highest BCUT2D eigenvalue weighted by Gasteiger charge is 2.53. The van der Waals surface area contributed by atoms with Crippen molar-refractivity contribution >= 4 is 11.7 Å². The van der Waals surface area contributed by atoms with Crippen LogP contribution in [0.4, 0.5) is 10.5 Å². The molecular weight excluding hydrogens is 448 g/mol. The van der Waals surface area contributed by atoms with Crippen LogP contribution in [0.3, 0.4) is 0 Å². The first-order chi connectivity index (χ1) is 17.4. The zero-order valence-corrected chi connectivity index (χ0v) is 20.8. The smallest absolute Gasteiger partial charge is 0.321 e. The highest BCUT2D eigenvalue weighted by Crippen LogP contribution is 2.47. The molecule has 6 nitrogen and oxygen atoms in total. The predicted octanol–water partition coefficient (Wildman–Crippen LogP) is 4.93. The number of hydrogen-bond acceptors (Lipinski definition) is 4. The Balaban J connectivity index is 1.44. The molecule has 1 aliphatic carbocycles. The lowest BCUT2D eigenvalue weighted by molar-refractivity contribution is 0.00749. The second-order valence-corrected chi connectivity index (χ2v) is 10.2. The summed E-state index contributed by atoms with van der Waals surface area (Å²) in [6.07, 6.45) is 2.69. The van der Waals surface area contributed by atoms with E-state index in [1.54, 1.807) is 30.3 Å². The van der Waals surface area contributed by atoms with Gasteiger partial charge < -0.3 is 15.3 Å². The molecule has 2 N–H and O–H groups in total. The molecular formula is C30H32N4O2. The van der Waals surface area contributed by atoms with Crippen molar-refractivity contribution in [3.63, 3.8) is 0 Å². The van der Waals surface area contributed by atoms with Gasteiger partial charge >= 0.3 is 6.03 Å². The van der Waals surface area contributed by atoms with Crippen molar-refractivity contribution in [3.8, 4) is 11.8 Å². The van der Waals surface area contributed by atoms with E-state index in [9.17, 15) is 9.90 Å². The number of hydrogen-bond donors (Lipinski definition) is 2. The number of carbonyl (C=O) groups is 1. The van der Waals surface area contributed by atoms with Crippen LogP contribution >= 0.6 is 0 Å². The normalized spacial score (nSPS) is 22.8. The summed E-state index contributed by atoms with van der Waals surface area (Å²) < 4.78 is 0. The molecule has 1 saturated heterocycles. The summed E-state index contributed by atoms with van der Waals surface area (Å²) in [5.74, 6) is 0.267. The molecule has 2 aliphatic rings. The van der Waals surface area contributed by atoms with Gasteiger partial charge in [0, 0.05) is 30.7 Å². The van der Waals surface area contributed by atoms with E-state index in [2.05, 4.69) is 47.5 Å². The van der Waals surface area contributed by atoms with Crippen LogP contribution in [0.1, 0.15) is 35.6 Å². The van der Waals surface area contributed by atoms with Gasteiger partial charge in [-0.25, -0.2) is 4.79 Å². The number of phenolic OH excluding ortho intramolecular Hbond substituents is 1. The molecule has 1 aliphatic heterocycles. The number of benzene rings is 3. The summed E-state index contributed by atoms with van der Waals surface area (Å²) >= 11 is 0. The Bertz CT molecular complexity index is 1280. The van der Waals surface area contributed by atoms with Gasteiger partial charge in [-0.05, 0) is 78.9 Å². The van der Waals surface area contributed by atoms with E-state index < -0.39 is 0 Å². The van der Waals surface area contributed by atoms with Crippen molar-refractivity contribution in [1.82, 2.24) is 9.80 Å². The molecule has 0 saturated carbocycles. The maximum atomic E-state index is 13.5. The van der Waals surface area contributed by atoms with Crippen molar-refractivity contribution in [2.45, 2.75) is 43.7 Å². The van der Waals surface area contributed by atoms with E-state index >= 15 is 0 Å². The number of fused-ring (bicyclic) bond motifs is 4. The number of piperidine rings is 1. The summed E-state index contributed by atoms with van der Waals surface area (Å²) in [6.45, 7) is 4.12. The molecule has 5 rings (SSSR count). The number of carbonyl (C=O) groups excluding carboxylic acids is 1. The number of likely N-dealkylation sites (tertiary alicyclic amines) is 1. The Morgan fingerprint density at radius 3 is 2.64 bits per heavy atom. The zero-order valence-electron chi connectivity index (χ0n) is 20.8. The molecule has 3 aromatic carbocycles. The van der Waals surface area contributed by atoms with Gasteiger partial charge in [-0.2, -0.15) is 5.26 Å². The zero-order chi connectivity index (χ0) is 25.3. The van der Waals surface area contributed by atoms with Gasteiger partial charge in [-0.1, -0.05) is 43.3 Å². The molecule has 2 amide bonds. The summed E-state index contributed by atoms with van der Waals surface area (Å²) in [7, 11) is 1.88. The summed E-state index contributed by atoms with van der Waals surface area (Å²) in [5, 5.41) is 22.4. The number of aromatic hydroxyl groups is 1. The van der Waals surface area contributed by atoms with Gasteiger partial charge in [0.1, 0.15) is 5.75 Å². The molecule has 3 atom stereocenters. The lowest BCUT2D eigenvalue weighted by Crippen LogP contribution is -2.68. The number of urea groups is 1. The lowest BCUT2D eigenvalue weighted by Gasteiger charge is -2.58. The SMILES string of the molecule is CN(C(=O)Nc1ccc(C#N)cc1)[C@@H]1[C@H]2Cc3ccc(O)cc3[C@@]1(C)CCN2CCc1ccccc1. The topological polar surface area (TPSA) is 79.6 Å². The largest absolute Gasteiger partial charge is 0.508 e. The Labute approximate surface area is 212 Å². The van der Waals surface area contributed by atoms with Gasteiger partial charge in [0.15, 0.2) is 0 Å². The Hall–Kier alpha value is -3.82. The number of rotatable bonds is 5. The van der Waals surface area contributed by atoms with Crippen LogP contribution in [0.2, 0.25) is 0 Å². The molecule has 36 heavy (non-hydrogen) atoms. The number of nitrogens with zero attached hydrogens (tertiary/aromatic N) is 3. The van der Waals surface area contributed by atoms with Crippen LogP contribution in [-0.4, -0.2) is 53.2 Å². The van der Waals surface area contributed by atoms with Gasteiger partial charge in [0.2, 0.25) is 0 Å². The van der Waals surface area contributed by atoms with Crippen LogP contribution in [0.15, 0.2) is 72.8 Å². The number of phenols is 1. The number of nitriles is 1. The van der Waals surface area contributed by atoms with E-state index in [4.69, 9.17) is 5.26 Å². The Kier molecular flexibility index (Phi) is 6.42. The molecule has 3 aromatic rings. The Morgan fingerprint density at radius 1 is 1.17 bits per heavy atom. The number of anilines is 1. The molecule has 184 valence electrons. The van der Waals surface area contributed by atoms with Crippen LogP contribution < -0.4 is 5.32 Å². The molecule has 0 spiro atoms. The molecule has 0 unspecified atom stereocenters. The minimum atomic E-state index is -0.281. The highest BCUT2D eigenvalue weighted by molar-refractivity contribution is 5.89. The summed E-state index contributed by atoms with van der Waals surface area (Å²) in [5.41, 5.74) is 4.65. The van der Waals surface area contributed by atoms with Gasteiger partial charge in [0.25, 0.3) is 0 Å². The summed E-state index contributed by atoms with van der Waals surface area (Å²) in [6, 6.07) is 25.2. The van der Waals surface area contributed by atoms with E-state index in [0.29, 0.717) is 11.3 Å². The molecule has 0 aromatic heterocycles. The quantitative estimate of drug-likeness (QED) is 0.543. The van der Waals surface area contributed by atoms with Crippen molar-refractivity contribution in [2.24, 2.45) is 0 Å². The second kappa shape index (κ2) is 9.67. The van der Waals surface area contributed by atoms with E-state index in [-0.39, 0.29) is 29.3 Å². The van der Waals surface area contributed by atoms with E-state index in [1.165, 1.54) is 11.1 Å². The first kappa shape index (κ1) is 23.9. The lowest BCUT2D eigenvalue weighted by atomic mass is 9.61. The van der Waals surface area contributed by atoms with E-state index in [1.807, 2.05) is 30.1 Å². The molecule has 1 fully saturated rings. The number of nitrogens with one attached hydrogen (secondary N) is 1. The minimum Gasteiger partial charge on any atom is -0.508 e. The monoisotopic (exact) mass is 480 g/mol. The van der Waals surface area contributed by atoms with Crippen molar-refractivity contribution in [3.05, 3.63) is 95.1 Å². The van der Waals surface area contributed by atoms with Crippen LogP contribution in [0, 0.1) is 11.3 Å². The van der Waals surface area contributed by atoms with Crippen LogP contribution in [0.25, 0.3) is 0 Å². The van der Waals surface area contributed by atoms with Crippen molar-refractivity contribution in [1.29, 1.82) is 5.26 Å². The average Bonchev–Trinajstić information content (AvgIpc) is 2.89. The van der Waals surface area contributed by atoms with Crippen molar-refractivity contribution < 1.29 is 9.90 Å². The summed E-state index contributed by atoms with van der Waals surface area (Å²) in [4.78, 5) is 17.9. The molecule has 6 heteroatoms. The molecule has 1 heterocycles. The first-order valence-corrected chi connectivity index (χ1v) is 12.5. The highest BCUT2D eigenvalue weighted by atomic mass is 16.3. The first-order valence-electron chi connectivity index (χ1n) is 12.5. The third kappa shape index (κ3) is 4.43. The third-order valence-electron chi connectivity index (χ3n) is 8.08. The van der Waals surface area contributed by atoms with Gasteiger partial charge in [-0.3, -0.25) is 4.90 Å². The van der Waals surface area contributed by atoms with Crippen LogP contribution in [0.5, 0.6) is 5.75 Å². The Morgan fingerprint density at radius 2 is 1.92 bits per heavy atom. The van der Waals surface area contributed by atoms with Crippen LogP contribution in [-0.2, 0) is 18.3 Å². The van der Waals surface area contributed by atoms with Gasteiger partial charge in [-0.15, -0.1) is 0 Å². The fraction of sp³-hybridized carbons (Fsp3) is 0.333. The maximum absolute atomic E-state index is 13.5. The number of amides is 2. The standard InChI is InChI=1S/C30H32N4O2/c1-30-15-17-34(16-14-21-6-4-3-5-7-21)27(18-23-10-13-25(35)19-26(23)30)28(30)33(2)29(36)32-24-11-8-22(20-31)9-12-24/h3-13,19,27-28,35H,14-18H2,1-2H3,(H,32,36)/t27-,28-,30-/m1/s1. The number of likely N-dealkylation sites (N-methyl/N-ethyl adjacent to an activating group) is 1. The average molecular weight is 481 g/mol. The second-order valence-electron chi connectivity index (χ2n) is 10.2. The molecule has 2 bridgehead atoms. The third-order valence-corrected chi connectivity index (χ3v) is 8.08. The maximum Gasteiger partial charge on any atom is 0.321 e. The fourth-order valence-electron chi connectivity index (χ4n) is 6.19. The fourth-order valence-corrected chi connectivity index (χ4v) is 6.19.